The van der Waals surface area contributed by atoms with Crippen molar-refractivity contribution in [2.75, 3.05) is 5.75 Å². The Bertz CT molecular complexity index is 771. The van der Waals surface area contributed by atoms with Gasteiger partial charge in [-0.25, -0.2) is 4.98 Å². The van der Waals surface area contributed by atoms with E-state index in [1.165, 1.54) is 11.8 Å². The van der Waals surface area contributed by atoms with E-state index in [1.54, 1.807) is 18.3 Å². The van der Waals surface area contributed by atoms with Gasteiger partial charge in [0.05, 0.1) is 22.4 Å². The van der Waals surface area contributed by atoms with Gasteiger partial charge in [-0.15, -0.1) is 0 Å². The number of rotatable bonds is 7. The summed E-state index contributed by atoms with van der Waals surface area (Å²) in [7, 11) is 0. The molecule has 0 aliphatic carbocycles. The van der Waals surface area contributed by atoms with Gasteiger partial charge in [-0.3, -0.25) is 4.79 Å². The van der Waals surface area contributed by atoms with Gasteiger partial charge in [-0.2, -0.15) is 5.26 Å². The van der Waals surface area contributed by atoms with E-state index in [-0.39, 0.29) is 5.78 Å². The van der Waals surface area contributed by atoms with E-state index in [1.807, 2.05) is 13.0 Å². The van der Waals surface area contributed by atoms with Crippen LogP contribution in [0.25, 0.3) is 0 Å². The van der Waals surface area contributed by atoms with Crippen molar-refractivity contribution in [3.05, 3.63) is 46.9 Å². The average molecular weight is 341 g/mol. The molecule has 0 atom stereocenters. The summed E-state index contributed by atoms with van der Waals surface area (Å²) in [6.45, 7) is 9.43. The van der Waals surface area contributed by atoms with E-state index in [0.717, 1.165) is 29.9 Å². The van der Waals surface area contributed by atoms with Crippen LogP contribution in [-0.2, 0) is 6.54 Å². The third kappa shape index (κ3) is 4.48. The number of aryl methyl sites for hydroxylation is 1. The number of carbonyl (C=O) groups excluding carboxylic acids is 1. The van der Waals surface area contributed by atoms with Crippen molar-refractivity contribution in [2.45, 2.75) is 45.7 Å². The topological polar surface area (TPSA) is 58.7 Å². The average Bonchev–Trinajstić information content (AvgIpc) is 2.85. The van der Waals surface area contributed by atoms with E-state index in [2.05, 4.69) is 36.4 Å². The summed E-state index contributed by atoms with van der Waals surface area (Å²) in [4.78, 5) is 16.8. The molecule has 24 heavy (non-hydrogen) atoms. The molecule has 2 rings (SSSR count). The maximum atomic E-state index is 12.6. The lowest BCUT2D eigenvalue weighted by atomic mass is 10.1. The zero-order valence-corrected chi connectivity index (χ0v) is 15.5. The van der Waals surface area contributed by atoms with Crippen LogP contribution in [-0.4, -0.2) is 21.1 Å². The molecule has 0 amide bonds. The summed E-state index contributed by atoms with van der Waals surface area (Å²) < 4.78 is 2.23. The summed E-state index contributed by atoms with van der Waals surface area (Å²) in [5.74, 6) is 1.07. The van der Waals surface area contributed by atoms with Crippen molar-refractivity contribution in [1.29, 1.82) is 5.26 Å². The number of nitrogens with zero attached hydrogens (tertiary/aromatic N) is 3. The van der Waals surface area contributed by atoms with E-state index in [4.69, 9.17) is 5.26 Å². The molecule has 0 saturated carbocycles. The Balaban J connectivity index is 2.07. The number of thioether (sulfide) groups is 1. The molecule has 0 radical (unpaired) electrons. The predicted molar refractivity (Wildman–Crippen MR) is 97.4 cm³/mol. The maximum absolute atomic E-state index is 12.6. The van der Waals surface area contributed by atoms with Crippen LogP contribution in [0.1, 0.15) is 47.6 Å². The van der Waals surface area contributed by atoms with Crippen LogP contribution >= 0.6 is 11.8 Å². The van der Waals surface area contributed by atoms with Crippen LogP contribution in [0.5, 0.6) is 0 Å². The van der Waals surface area contributed by atoms with Crippen LogP contribution < -0.4 is 0 Å². The molecule has 0 aliphatic rings. The monoisotopic (exact) mass is 341 g/mol. The van der Waals surface area contributed by atoms with Crippen molar-refractivity contribution >= 4 is 17.5 Å². The lowest BCUT2D eigenvalue weighted by molar-refractivity contribution is 0.102. The maximum Gasteiger partial charge on any atom is 0.174 e. The van der Waals surface area contributed by atoms with Crippen molar-refractivity contribution in [2.24, 2.45) is 5.92 Å². The molecule has 0 fully saturated rings. The Morgan fingerprint density at radius 1 is 1.38 bits per heavy atom. The summed E-state index contributed by atoms with van der Waals surface area (Å²) in [5.41, 5.74) is 3.52. The number of carbonyl (C=O) groups is 1. The molecule has 0 N–H and O–H groups in total. The van der Waals surface area contributed by atoms with Gasteiger partial charge in [0.15, 0.2) is 5.78 Å². The van der Waals surface area contributed by atoms with Crippen LogP contribution in [0, 0.1) is 31.1 Å². The predicted octanol–water partition coefficient (Wildman–Crippen LogP) is 4.39. The fraction of sp³-hybridized carbons (Fsp3) is 0.421. The quantitative estimate of drug-likeness (QED) is 0.553. The fourth-order valence-corrected chi connectivity index (χ4v) is 3.37. The minimum atomic E-state index is 0.105. The smallest absolute Gasteiger partial charge is 0.174 e. The first-order chi connectivity index (χ1) is 11.4. The van der Waals surface area contributed by atoms with Gasteiger partial charge in [0.2, 0.25) is 0 Å². The number of hydrogen-bond donors (Lipinski definition) is 0. The minimum absolute atomic E-state index is 0.105. The van der Waals surface area contributed by atoms with Gasteiger partial charge >= 0.3 is 0 Å². The molecule has 4 nitrogen and oxygen atoms in total. The van der Waals surface area contributed by atoms with Crippen molar-refractivity contribution in [3.63, 3.8) is 0 Å². The van der Waals surface area contributed by atoms with Crippen molar-refractivity contribution in [1.82, 2.24) is 9.55 Å². The first-order valence-electron chi connectivity index (χ1n) is 8.11. The normalized spacial score (nSPS) is 10.8. The Morgan fingerprint density at radius 3 is 2.79 bits per heavy atom. The highest BCUT2D eigenvalue weighted by Crippen LogP contribution is 2.22. The number of ketones is 1. The van der Waals surface area contributed by atoms with Gasteiger partial charge in [0.1, 0.15) is 0 Å². The van der Waals surface area contributed by atoms with Crippen LogP contribution in [0.3, 0.4) is 0 Å². The van der Waals surface area contributed by atoms with Gasteiger partial charge in [0, 0.05) is 29.7 Å². The molecular formula is C19H23N3OS. The highest BCUT2D eigenvalue weighted by Gasteiger charge is 2.16. The Hall–Kier alpha value is -2.06. The molecule has 2 aromatic rings. The van der Waals surface area contributed by atoms with Gasteiger partial charge in [-0.1, -0.05) is 25.6 Å². The second-order valence-electron chi connectivity index (χ2n) is 6.33. The molecule has 0 saturated heterocycles. The number of pyridine rings is 1. The SMILES string of the molecule is Cc1cc(C(=O)CSc2cc(C#N)ccn2)c(C)n1CCC(C)C. The highest BCUT2D eigenvalue weighted by atomic mass is 32.2. The van der Waals surface area contributed by atoms with Crippen LogP contribution in [0.4, 0.5) is 0 Å². The first-order valence-corrected chi connectivity index (χ1v) is 9.09. The number of Topliss-reactive ketones (excluding diaryl/α,β-unsaturated/α-hetero) is 1. The van der Waals surface area contributed by atoms with Crippen molar-refractivity contribution in [3.8, 4) is 6.07 Å². The van der Waals surface area contributed by atoms with Crippen LogP contribution in [0.2, 0.25) is 0 Å². The van der Waals surface area contributed by atoms with E-state index < -0.39 is 0 Å². The lowest BCUT2D eigenvalue weighted by Crippen LogP contribution is -2.08. The lowest BCUT2D eigenvalue weighted by Gasteiger charge is -2.11. The standard InChI is InChI=1S/C19H23N3OS/c1-13(2)6-8-22-14(3)9-17(15(22)4)18(23)12-24-19-10-16(11-20)5-7-21-19/h5,7,9-10,13H,6,8,12H2,1-4H3. The van der Waals surface area contributed by atoms with E-state index in [9.17, 15) is 4.79 Å². The molecule has 2 heterocycles. The third-order valence-electron chi connectivity index (χ3n) is 4.02. The molecule has 2 aromatic heterocycles. The molecule has 5 heteroatoms. The summed E-state index contributed by atoms with van der Waals surface area (Å²) in [6, 6.07) is 7.44. The fourth-order valence-electron chi connectivity index (χ4n) is 2.59. The molecule has 0 bridgehead atoms. The second-order valence-corrected chi connectivity index (χ2v) is 7.32. The van der Waals surface area contributed by atoms with E-state index >= 15 is 0 Å². The Morgan fingerprint density at radius 2 is 2.12 bits per heavy atom. The number of hydrogen-bond acceptors (Lipinski definition) is 4. The zero-order chi connectivity index (χ0) is 17.7. The summed E-state index contributed by atoms with van der Waals surface area (Å²) in [5, 5.41) is 9.62. The molecule has 0 aliphatic heterocycles. The van der Waals surface area contributed by atoms with Crippen molar-refractivity contribution < 1.29 is 4.79 Å². The minimum Gasteiger partial charge on any atom is -0.348 e. The molecule has 0 aromatic carbocycles. The Kier molecular flexibility index (Phi) is 6.22. The molecule has 126 valence electrons. The Labute approximate surface area is 147 Å². The largest absolute Gasteiger partial charge is 0.348 e. The molecular weight excluding hydrogens is 318 g/mol. The summed E-state index contributed by atoms with van der Waals surface area (Å²) >= 11 is 1.37. The van der Waals surface area contributed by atoms with Crippen LogP contribution in [0.15, 0.2) is 29.4 Å². The second kappa shape index (κ2) is 8.16. The first kappa shape index (κ1) is 18.3. The number of aromatic nitrogens is 2. The van der Waals surface area contributed by atoms with Gasteiger partial charge in [-0.05, 0) is 44.4 Å². The zero-order valence-electron chi connectivity index (χ0n) is 14.7. The summed E-state index contributed by atoms with van der Waals surface area (Å²) in [6.07, 6.45) is 2.70. The third-order valence-corrected chi connectivity index (χ3v) is 4.94. The van der Waals surface area contributed by atoms with Gasteiger partial charge < -0.3 is 4.57 Å². The highest BCUT2D eigenvalue weighted by molar-refractivity contribution is 7.99. The van der Waals surface area contributed by atoms with E-state index in [0.29, 0.717) is 22.3 Å². The molecule has 0 spiro atoms. The number of nitriles is 1. The molecule has 0 unspecified atom stereocenters. The van der Waals surface area contributed by atoms with Gasteiger partial charge in [0.25, 0.3) is 0 Å².